The summed E-state index contributed by atoms with van der Waals surface area (Å²) in [6, 6.07) is 6.57. The average molecular weight is 373 g/mol. The molecule has 124 valence electrons. The predicted octanol–water partition coefficient (Wildman–Crippen LogP) is 4.63. The van der Waals surface area contributed by atoms with Gasteiger partial charge >= 0.3 is 0 Å². The van der Waals surface area contributed by atoms with E-state index in [1.165, 1.54) is 0 Å². The zero-order chi connectivity index (χ0) is 17.3. The molecule has 0 aliphatic heterocycles. The summed E-state index contributed by atoms with van der Waals surface area (Å²) in [6.45, 7) is 0. The van der Waals surface area contributed by atoms with E-state index in [1.807, 2.05) is 0 Å². The van der Waals surface area contributed by atoms with Crippen LogP contribution >= 0.6 is 23.4 Å². The lowest BCUT2D eigenvalue weighted by Crippen LogP contribution is -2.15. The summed E-state index contributed by atoms with van der Waals surface area (Å²) in [5.74, 6) is -5.20. The molecule has 0 atom stereocenters. The second-order valence-corrected chi connectivity index (χ2v) is 6.01. The highest BCUT2D eigenvalue weighted by Gasteiger charge is 2.16. The maximum absolute atomic E-state index is 13.5. The van der Waals surface area contributed by atoms with Crippen molar-refractivity contribution in [1.82, 2.24) is 4.98 Å². The number of aromatic nitrogens is 1. The van der Waals surface area contributed by atoms with Crippen molar-refractivity contribution < 1.29 is 22.4 Å². The molecule has 0 saturated heterocycles. The molecule has 0 fully saturated rings. The van der Waals surface area contributed by atoms with Crippen LogP contribution in [0.15, 0.2) is 40.0 Å². The smallest absolute Gasteiger partial charge is 0.257 e. The minimum Gasteiger partial charge on any atom is -0.431 e. The van der Waals surface area contributed by atoms with Crippen LogP contribution in [0.2, 0.25) is 5.02 Å². The Morgan fingerprint density at radius 2 is 2.00 bits per heavy atom. The van der Waals surface area contributed by atoms with Crippen LogP contribution in [-0.4, -0.2) is 16.6 Å². The molecule has 0 saturated carbocycles. The molecule has 0 aliphatic rings. The van der Waals surface area contributed by atoms with E-state index in [0.717, 1.165) is 23.9 Å². The highest BCUT2D eigenvalue weighted by Crippen LogP contribution is 2.26. The van der Waals surface area contributed by atoms with Crippen LogP contribution in [0.5, 0.6) is 0 Å². The molecule has 0 unspecified atom stereocenters. The van der Waals surface area contributed by atoms with Crippen LogP contribution in [0.3, 0.4) is 0 Å². The number of anilines is 1. The molecule has 0 bridgehead atoms. The fraction of sp³-hybridized carbons (Fsp3) is 0.0667. The zero-order valence-electron chi connectivity index (χ0n) is 11.8. The van der Waals surface area contributed by atoms with E-state index >= 15 is 0 Å². The van der Waals surface area contributed by atoms with Gasteiger partial charge in [0.1, 0.15) is 5.52 Å². The van der Waals surface area contributed by atoms with Gasteiger partial charge in [-0.05, 0) is 30.3 Å². The molecule has 3 rings (SSSR count). The summed E-state index contributed by atoms with van der Waals surface area (Å²) in [7, 11) is 0. The van der Waals surface area contributed by atoms with E-state index in [9.17, 15) is 18.0 Å². The van der Waals surface area contributed by atoms with E-state index in [1.54, 1.807) is 18.2 Å². The third-order valence-electron chi connectivity index (χ3n) is 2.97. The molecule has 0 aliphatic carbocycles. The van der Waals surface area contributed by atoms with E-state index in [-0.39, 0.29) is 11.0 Å². The van der Waals surface area contributed by atoms with E-state index in [0.29, 0.717) is 16.1 Å². The maximum atomic E-state index is 13.5. The van der Waals surface area contributed by atoms with E-state index in [4.69, 9.17) is 16.0 Å². The quantitative estimate of drug-likeness (QED) is 0.536. The number of carbonyl (C=O) groups excluding carboxylic acids is 1. The SMILES string of the molecule is O=C(CSc1nc2cc(Cl)ccc2o1)Nc1ccc(F)c(F)c1F. The molecule has 4 nitrogen and oxygen atoms in total. The fourth-order valence-corrected chi connectivity index (χ4v) is 2.68. The van der Waals surface area contributed by atoms with Gasteiger partial charge < -0.3 is 9.73 Å². The number of fused-ring (bicyclic) bond motifs is 1. The standard InChI is InChI=1S/C15H8ClF3N2O2S/c16-7-1-4-11-10(5-7)21-15(23-11)24-6-12(22)20-9-3-2-8(17)13(18)14(9)19/h1-5H,6H2,(H,20,22). The topological polar surface area (TPSA) is 55.1 Å². The fourth-order valence-electron chi connectivity index (χ4n) is 1.88. The van der Waals surface area contributed by atoms with Gasteiger partial charge in [0.15, 0.2) is 23.0 Å². The summed E-state index contributed by atoms with van der Waals surface area (Å²) in [5.41, 5.74) is 0.606. The van der Waals surface area contributed by atoms with E-state index in [2.05, 4.69) is 10.3 Å². The maximum Gasteiger partial charge on any atom is 0.257 e. The summed E-state index contributed by atoms with van der Waals surface area (Å²) in [4.78, 5) is 15.9. The molecule has 1 heterocycles. The number of nitrogens with one attached hydrogen (secondary N) is 1. The second kappa shape index (κ2) is 6.74. The van der Waals surface area contributed by atoms with Crippen LogP contribution in [0.25, 0.3) is 11.1 Å². The Morgan fingerprint density at radius 3 is 2.79 bits per heavy atom. The van der Waals surface area contributed by atoms with Crippen LogP contribution in [0.4, 0.5) is 18.9 Å². The van der Waals surface area contributed by atoms with Crippen LogP contribution < -0.4 is 5.32 Å². The van der Waals surface area contributed by atoms with Crippen LogP contribution in [-0.2, 0) is 4.79 Å². The number of nitrogens with zero attached hydrogens (tertiary/aromatic N) is 1. The van der Waals surface area contributed by atoms with Gasteiger partial charge in [0, 0.05) is 5.02 Å². The number of rotatable bonds is 4. The molecule has 0 radical (unpaired) electrons. The molecule has 3 aromatic rings. The minimum absolute atomic E-state index is 0.154. The monoisotopic (exact) mass is 372 g/mol. The van der Waals surface area contributed by atoms with Gasteiger partial charge in [-0.3, -0.25) is 4.79 Å². The van der Waals surface area contributed by atoms with Crippen molar-refractivity contribution in [2.75, 3.05) is 11.1 Å². The van der Waals surface area contributed by atoms with Crippen molar-refractivity contribution >= 4 is 46.1 Å². The third-order valence-corrected chi connectivity index (χ3v) is 4.03. The van der Waals surface area contributed by atoms with Crippen molar-refractivity contribution in [3.8, 4) is 0 Å². The first-order valence-corrected chi connectivity index (χ1v) is 7.92. The average Bonchev–Trinajstić information content (AvgIpc) is 2.95. The van der Waals surface area contributed by atoms with Crippen LogP contribution in [0.1, 0.15) is 0 Å². The lowest BCUT2D eigenvalue weighted by molar-refractivity contribution is -0.113. The zero-order valence-corrected chi connectivity index (χ0v) is 13.4. The lowest BCUT2D eigenvalue weighted by Gasteiger charge is -2.06. The number of hydrogen-bond acceptors (Lipinski definition) is 4. The lowest BCUT2D eigenvalue weighted by atomic mass is 10.3. The van der Waals surface area contributed by atoms with Crippen molar-refractivity contribution in [1.29, 1.82) is 0 Å². The van der Waals surface area contributed by atoms with Crippen molar-refractivity contribution in [3.05, 3.63) is 52.8 Å². The van der Waals surface area contributed by atoms with Crippen molar-refractivity contribution in [2.45, 2.75) is 5.22 Å². The van der Waals surface area contributed by atoms with E-state index < -0.39 is 29.0 Å². The Labute approximate surface area is 143 Å². The molecular weight excluding hydrogens is 365 g/mol. The predicted molar refractivity (Wildman–Crippen MR) is 84.7 cm³/mol. The Bertz CT molecular complexity index is 932. The first kappa shape index (κ1) is 16.7. The second-order valence-electron chi connectivity index (χ2n) is 4.65. The first-order chi connectivity index (χ1) is 11.4. The summed E-state index contributed by atoms with van der Waals surface area (Å²) < 4.78 is 44.8. The third kappa shape index (κ3) is 3.49. The molecule has 1 amide bonds. The Morgan fingerprint density at radius 1 is 1.21 bits per heavy atom. The Kier molecular flexibility index (Phi) is 4.68. The van der Waals surface area contributed by atoms with Gasteiger partial charge in [-0.25, -0.2) is 18.2 Å². The number of carbonyl (C=O) groups is 1. The highest BCUT2D eigenvalue weighted by atomic mass is 35.5. The molecule has 1 N–H and O–H groups in total. The number of halogens is 4. The Hall–Kier alpha value is -2.19. The number of benzene rings is 2. The van der Waals surface area contributed by atoms with Gasteiger partial charge in [0.25, 0.3) is 5.22 Å². The van der Waals surface area contributed by atoms with Gasteiger partial charge in [-0.2, -0.15) is 0 Å². The molecular formula is C15H8ClF3N2O2S. The minimum atomic E-state index is -1.64. The van der Waals surface area contributed by atoms with Crippen molar-refractivity contribution in [2.24, 2.45) is 0 Å². The van der Waals surface area contributed by atoms with Gasteiger partial charge in [0.2, 0.25) is 5.91 Å². The molecule has 0 spiro atoms. The van der Waals surface area contributed by atoms with Crippen LogP contribution in [0, 0.1) is 17.5 Å². The number of thioether (sulfide) groups is 1. The number of oxazole rings is 1. The van der Waals surface area contributed by atoms with Gasteiger partial charge in [-0.1, -0.05) is 23.4 Å². The summed E-state index contributed by atoms with van der Waals surface area (Å²) >= 11 is 6.81. The first-order valence-electron chi connectivity index (χ1n) is 6.56. The Balaban J connectivity index is 1.65. The van der Waals surface area contributed by atoms with Crippen molar-refractivity contribution in [3.63, 3.8) is 0 Å². The number of amides is 1. The summed E-state index contributed by atoms with van der Waals surface area (Å²) in [6.07, 6.45) is 0. The number of hydrogen-bond donors (Lipinski definition) is 1. The molecule has 9 heteroatoms. The van der Waals surface area contributed by atoms with Gasteiger partial charge in [0.05, 0.1) is 11.4 Å². The normalized spacial score (nSPS) is 11.0. The molecule has 2 aromatic carbocycles. The largest absolute Gasteiger partial charge is 0.431 e. The highest BCUT2D eigenvalue weighted by molar-refractivity contribution is 7.99. The summed E-state index contributed by atoms with van der Waals surface area (Å²) in [5, 5.41) is 2.89. The van der Waals surface area contributed by atoms with Gasteiger partial charge in [-0.15, -0.1) is 0 Å². The molecule has 1 aromatic heterocycles. The molecule has 24 heavy (non-hydrogen) atoms.